The maximum absolute atomic E-state index is 7.01. The van der Waals surface area contributed by atoms with Crippen LogP contribution >= 0.6 is 0 Å². The van der Waals surface area contributed by atoms with E-state index in [2.05, 4.69) is 140 Å². The molecule has 38 heavy (non-hydrogen) atoms. The Morgan fingerprint density at radius 1 is 0.711 bits per heavy atom. The predicted molar refractivity (Wildman–Crippen MR) is 167 cm³/mol. The second kappa shape index (κ2) is 12.8. The molecular weight excluding hydrogens is 501 g/mol. The van der Waals surface area contributed by atoms with Crippen molar-refractivity contribution in [2.24, 2.45) is 0 Å². The molecule has 3 rings (SSSR count). The summed E-state index contributed by atoms with van der Waals surface area (Å²) in [5.74, 6) is 1.91. The van der Waals surface area contributed by atoms with Crippen LogP contribution in [-0.4, -0.2) is 29.8 Å². The number of benzene rings is 2. The molecule has 0 aliphatic rings. The first-order valence-corrected chi connectivity index (χ1v) is 18.8. The lowest BCUT2D eigenvalue weighted by molar-refractivity contribution is 0.288. The van der Waals surface area contributed by atoms with E-state index in [1.807, 2.05) is 0 Å². The first-order chi connectivity index (χ1) is 17.9. The Kier molecular flexibility index (Phi) is 10.2. The fourth-order valence-electron chi connectivity index (χ4n) is 4.65. The summed E-state index contributed by atoms with van der Waals surface area (Å²) in [6.45, 7) is 19.9. The molecule has 0 amide bonds. The van der Waals surface area contributed by atoms with Gasteiger partial charge in [-0.2, -0.15) is 0 Å². The molecule has 5 heteroatoms. The average molecular weight is 549 g/mol. The minimum absolute atomic E-state index is 0.00729. The minimum atomic E-state index is -2.48. The Hall–Kier alpha value is -2.19. The second-order valence-electron chi connectivity index (χ2n) is 12.7. The Morgan fingerprint density at radius 2 is 1.29 bits per heavy atom. The van der Waals surface area contributed by atoms with E-state index >= 15 is 0 Å². The highest BCUT2D eigenvalue weighted by molar-refractivity contribution is 6.99. The summed E-state index contributed by atoms with van der Waals surface area (Å²) in [6, 6.07) is 25.8. The van der Waals surface area contributed by atoms with Crippen LogP contribution in [0.25, 0.3) is 6.08 Å². The zero-order chi connectivity index (χ0) is 27.9. The SMILES string of the molecule is CC(C)(C)[Si](C)(C)OCC/C=C/c1ccc(CCCO[Si](c2ccccc2)(c2ccccc2)C(C)(C)C)o1. The molecule has 1 heterocycles. The fraction of sp³-hybridized carbons (Fsp3) is 0.455. The van der Waals surface area contributed by atoms with E-state index in [0.717, 1.165) is 37.4 Å². The van der Waals surface area contributed by atoms with Gasteiger partial charge in [0, 0.05) is 19.6 Å². The maximum atomic E-state index is 7.01. The van der Waals surface area contributed by atoms with Gasteiger partial charge in [0.1, 0.15) is 11.5 Å². The van der Waals surface area contributed by atoms with E-state index in [1.54, 1.807) is 0 Å². The molecule has 0 spiro atoms. The molecule has 0 atom stereocenters. The van der Waals surface area contributed by atoms with Gasteiger partial charge >= 0.3 is 0 Å². The quantitative estimate of drug-likeness (QED) is 0.169. The molecule has 0 radical (unpaired) electrons. The molecule has 1 aromatic heterocycles. The van der Waals surface area contributed by atoms with Gasteiger partial charge in [-0.1, -0.05) is 108 Å². The van der Waals surface area contributed by atoms with Gasteiger partial charge < -0.3 is 13.3 Å². The Morgan fingerprint density at radius 3 is 1.82 bits per heavy atom. The van der Waals surface area contributed by atoms with Gasteiger partial charge in [-0.15, -0.1) is 0 Å². The van der Waals surface area contributed by atoms with Crippen LogP contribution in [0.5, 0.6) is 0 Å². The minimum Gasteiger partial charge on any atom is -0.462 e. The second-order valence-corrected chi connectivity index (χ2v) is 21.8. The highest BCUT2D eigenvalue weighted by Crippen LogP contribution is 2.37. The number of hydrogen-bond donors (Lipinski definition) is 0. The first-order valence-electron chi connectivity index (χ1n) is 14.0. The topological polar surface area (TPSA) is 31.6 Å². The number of furan rings is 1. The standard InChI is InChI=1S/C33H48O3Si2/c1-32(2,3)37(7,8)34-26-16-15-18-28-24-25-29(36-28)19-17-27-35-38(33(4,5)6,30-20-11-9-12-21-30)31-22-13-10-14-23-31/h9-15,18,20-25H,16-17,19,26-27H2,1-8H3/b18-15+. The van der Waals surface area contributed by atoms with Crippen LogP contribution in [-0.2, 0) is 15.3 Å². The third-order valence-corrected chi connectivity index (χ3v) is 17.4. The zero-order valence-corrected chi connectivity index (χ0v) is 26.8. The molecule has 0 aliphatic carbocycles. The zero-order valence-electron chi connectivity index (χ0n) is 24.8. The van der Waals surface area contributed by atoms with Gasteiger partial charge in [-0.3, -0.25) is 0 Å². The van der Waals surface area contributed by atoms with Gasteiger partial charge in [0.25, 0.3) is 8.32 Å². The fourth-order valence-corrected chi connectivity index (χ4v) is 10.3. The molecule has 0 fully saturated rings. The third-order valence-electron chi connectivity index (χ3n) is 7.82. The summed E-state index contributed by atoms with van der Waals surface area (Å²) in [6.07, 6.45) is 6.90. The highest BCUT2D eigenvalue weighted by atomic mass is 28.4. The van der Waals surface area contributed by atoms with Crippen molar-refractivity contribution in [3.63, 3.8) is 0 Å². The van der Waals surface area contributed by atoms with Crippen LogP contribution in [0.4, 0.5) is 0 Å². The first kappa shape index (κ1) is 30.4. The maximum Gasteiger partial charge on any atom is 0.261 e. The van der Waals surface area contributed by atoms with Crippen molar-refractivity contribution >= 4 is 33.1 Å². The van der Waals surface area contributed by atoms with Crippen LogP contribution in [0.15, 0.2) is 83.3 Å². The van der Waals surface area contributed by atoms with E-state index in [1.165, 1.54) is 10.4 Å². The molecule has 2 aromatic carbocycles. The van der Waals surface area contributed by atoms with Gasteiger partial charge in [-0.05, 0) is 64.6 Å². The van der Waals surface area contributed by atoms with E-state index in [0.29, 0.717) is 6.61 Å². The monoisotopic (exact) mass is 548 g/mol. The van der Waals surface area contributed by atoms with E-state index in [9.17, 15) is 0 Å². The van der Waals surface area contributed by atoms with Crippen LogP contribution in [0.3, 0.4) is 0 Å². The lowest BCUT2D eigenvalue weighted by Crippen LogP contribution is -2.66. The summed E-state index contributed by atoms with van der Waals surface area (Å²) in [7, 11) is -4.17. The molecule has 0 saturated carbocycles. The number of hydrogen-bond acceptors (Lipinski definition) is 3. The Balaban J connectivity index is 1.59. The van der Waals surface area contributed by atoms with Crippen LogP contribution in [0.2, 0.25) is 23.2 Å². The van der Waals surface area contributed by atoms with E-state index < -0.39 is 16.6 Å². The highest BCUT2D eigenvalue weighted by Gasteiger charge is 2.49. The van der Waals surface area contributed by atoms with Crippen molar-refractivity contribution in [3.8, 4) is 0 Å². The summed E-state index contributed by atoms with van der Waals surface area (Å²) in [4.78, 5) is 0. The van der Waals surface area contributed by atoms with Crippen molar-refractivity contribution in [1.82, 2.24) is 0 Å². The Bertz CT molecular complexity index is 1100. The van der Waals surface area contributed by atoms with Crippen molar-refractivity contribution < 1.29 is 13.3 Å². The molecule has 0 saturated heterocycles. The average Bonchev–Trinajstić information content (AvgIpc) is 3.31. The van der Waals surface area contributed by atoms with Crippen molar-refractivity contribution in [1.29, 1.82) is 0 Å². The Labute approximate surface area is 233 Å². The van der Waals surface area contributed by atoms with Gasteiger partial charge in [-0.25, -0.2) is 0 Å². The largest absolute Gasteiger partial charge is 0.462 e. The van der Waals surface area contributed by atoms with Crippen molar-refractivity contribution in [3.05, 3.63) is 90.4 Å². The normalized spacial score (nSPS) is 13.4. The van der Waals surface area contributed by atoms with Gasteiger partial charge in [0.05, 0.1) is 0 Å². The number of aryl methyl sites for hydroxylation is 1. The number of rotatable bonds is 12. The van der Waals surface area contributed by atoms with Crippen molar-refractivity contribution in [2.75, 3.05) is 13.2 Å². The lowest BCUT2D eigenvalue weighted by Gasteiger charge is -2.43. The van der Waals surface area contributed by atoms with Crippen LogP contribution in [0, 0.1) is 0 Å². The van der Waals surface area contributed by atoms with Crippen molar-refractivity contribution in [2.45, 2.75) is 84.0 Å². The molecule has 0 N–H and O–H groups in total. The predicted octanol–water partition coefficient (Wildman–Crippen LogP) is 8.21. The smallest absolute Gasteiger partial charge is 0.261 e. The molecule has 0 bridgehead atoms. The molecule has 0 unspecified atom stereocenters. The van der Waals surface area contributed by atoms with E-state index in [-0.39, 0.29) is 10.1 Å². The lowest BCUT2D eigenvalue weighted by atomic mass is 10.2. The summed E-state index contributed by atoms with van der Waals surface area (Å²) >= 11 is 0. The van der Waals surface area contributed by atoms with E-state index in [4.69, 9.17) is 13.3 Å². The third kappa shape index (κ3) is 7.47. The molecule has 3 aromatic rings. The van der Waals surface area contributed by atoms with Gasteiger partial charge in [0.15, 0.2) is 8.32 Å². The summed E-state index contributed by atoms with van der Waals surface area (Å²) in [5, 5.41) is 2.88. The molecule has 0 aliphatic heterocycles. The summed E-state index contributed by atoms with van der Waals surface area (Å²) in [5.41, 5.74) is 0. The van der Waals surface area contributed by atoms with Crippen LogP contribution in [0.1, 0.15) is 65.9 Å². The molecule has 206 valence electrons. The molecule has 3 nitrogen and oxygen atoms in total. The summed E-state index contributed by atoms with van der Waals surface area (Å²) < 4.78 is 19.4. The van der Waals surface area contributed by atoms with Crippen LogP contribution < -0.4 is 10.4 Å². The van der Waals surface area contributed by atoms with Gasteiger partial charge in [0.2, 0.25) is 0 Å². The molecular formula is C33H48O3Si2.